The van der Waals surface area contributed by atoms with Gasteiger partial charge in [0.25, 0.3) is 17.4 Å². The molecule has 2 aromatic rings. The van der Waals surface area contributed by atoms with Crippen LogP contribution in [0.4, 0.5) is 0 Å². The van der Waals surface area contributed by atoms with E-state index in [1.165, 1.54) is 4.57 Å². The van der Waals surface area contributed by atoms with Crippen molar-refractivity contribution in [2.45, 2.75) is 64.5 Å². The fraction of sp³-hybridized carbons (Fsp3) is 0.500. The van der Waals surface area contributed by atoms with Gasteiger partial charge in [0.15, 0.2) is 0 Å². The van der Waals surface area contributed by atoms with Crippen LogP contribution in [0.5, 0.6) is 5.75 Å². The van der Waals surface area contributed by atoms with E-state index in [1.54, 1.807) is 13.1 Å². The summed E-state index contributed by atoms with van der Waals surface area (Å²) >= 11 is 0. The molecule has 0 radical (unpaired) electrons. The second-order valence-electron chi connectivity index (χ2n) is 9.19. The first-order valence-corrected chi connectivity index (χ1v) is 11.9. The van der Waals surface area contributed by atoms with Crippen molar-refractivity contribution < 1.29 is 14.3 Å². The summed E-state index contributed by atoms with van der Waals surface area (Å²) in [6, 6.07) is 8.87. The van der Waals surface area contributed by atoms with E-state index in [1.807, 2.05) is 43.0 Å². The molecule has 2 amide bonds. The summed E-state index contributed by atoms with van der Waals surface area (Å²) in [6.07, 6.45) is 5.15. The summed E-state index contributed by atoms with van der Waals surface area (Å²) in [5, 5.41) is 3.18. The van der Waals surface area contributed by atoms with Crippen molar-refractivity contribution in [1.82, 2.24) is 14.8 Å². The Hall–Kier alpha value is -3.09. The number of ether oxygens (including phenoxy) is 1. The molecule has 1 fully saturated rings. The summed E-state index contributed by atoms with van der Waals surface area (Å²) in [5.74, 6) is 0.181. The van der Waals surface area contributed by atoms with Crippen LogP contribution in [0, 0.1) is 13.8 Å². The summed E-state index contributed by atoms with van der Waals surface area (Å²) < 4.78 is 7.40. The number of carbonyl (C=O) groups excluding carboxylic acids is 2. The fourth-order valence-corrected chi connectivity index (χ4v) is 5.06. The molecule has 4 rings (SSSR count). The van der Waals surface area contributed by atoms with E-state index < -0.39 is 0 Å². The molecule has 0 unspecified atom stereocenters. The number of nitrogens with zero attached hydrogens (tertiary/aromatic N) is 2. The maximum atomic E-state index is 13.7. The Bertz CT molecular complexity index is 1110. The lowest BCUT2D eigenvalue weighted by atomic mass is 9.90. The number of fused-ring (bicyclic) bond motifs is 2. The molecule has 7 heteroatoms. The predicted molar refractivity (Wildman–Crippen MR) is 127 cm³/mol. The topological polar surface area (TPSA) is 80.6 Å². The van der Waals surface area contributed by atoms with Gasteiger partial charge in [-0.05, 0) is 69.7 Å². The van der Waals surface area contributed by atoms with Gasteiger partial charge in [0, 0.05) is 25.3 Å². The number of benzene rings is 1. The Morgan fingerprint density at radius 3 is 2.67 bits per heavy atom. The van der Waals surface area contributed by atoms with Crippen LogP contribution in [0.3, 0.4) is 0 Å². The van der Waals surface area contributed by atoms with Crippen LogP contribution in [0.1, 0.15) is 70.5 Å². The van der Waals surface area contributed by atoms with Crippen molar-refractivity contribution in [1.29, 1.82) is 0 Å². The highest BCUT2D eigenvalue weighted by atomic mass is 16.5. The van der Waals surface area contributed by atoms with Gasteiger partial charge in [-0.25, -0.2) is 0 Å². The van der Waals surface area contributed by atoms with Crippen molar-refractivity contribution in [3.63, 3.8) is 0 Å². The van der Waals surface area contributed by atoms with Crippen molar-refractivity contribution in [3.8, 4) is 5.75 Å². The van der Waals surface area contributed by atoms with Crippen molar-refractivity contribution in [2.75, 3.05) is 13.2 Å². The number of amides is 2. The third-order valence-corrected chi connectivity index (χ3v) is 6.97. The van der Waals surface area contributed by atoms with Gasteiger partial charge < -0.3 is 19.5 Å². The lowest BCUT2D eigenvalue weighted by molar-refractivity contribution is 0.0501. The van der Waals surface area contributed by atoms with Crippen LogP contribution >= 0.6 is 0 Å². The second kappa shape index (κ2) is 9.81. The molecule has 0 bridgehead atoms. The first kappa shape index (κ1) is 23.1. The molecule has 2 atom stereocenters. The number of hydrogen-bond donors (Lipinski definition) is 1. The molecule has 2 aliphatic heterocycles. The summed E-state index contributed by atoms with van der Waals surface area (Å²) in [7, 11) is 1.70. The molecule has 1 aromatic carbocycles. The smallest absolute Gasteiger partial charge is 0.263 e. The van der Waals surface area contributed by atoms with Crippen LogP contribution in [0.25, 0.3) is 0 Å². The number of nitrogens with one attached hydrogen (secondary N) is 1. The first-order valence-electron chi connectivity index (χ1n) is 11.9. The van der Waals surface area contributed by atoms with E-state index in [4.69, 9.17) is 4.74 Å². The van der Waals surface area contributed by atoms with Gasteiger partial charge in [-0.1, -0.05) is 18.6 Å². The zero-order valence-corrected chi connectivity index (χ0v) is 19.7. The minimum atomic E-state index is -0.261. The number of aromatic nitrogens is 1. The van der Waals surface area contributed by atoms with E-state index in [9.17, 15) is 14.4 Å². The summed E-state index contributed by atoms with van der Waals surface area (Å²) in [4.78, 5) is 41.7. The highest BCUT2D eigenvalue weighted by Gasteiger charge is 2.37. The zero-order valence-electron chi connectivity index (χ0n) is 19.7. The maximum absolute atomic E-state index is 13.7. The highest BCUT2D eigenvalue weighted by molar-refractivity contribution is 5.98. The first-order chi connectivity index (χ1) is 15.9. The van der Waals surface area contributed by atoms with E-state index >= 15 is 0 Å². The minimum absolute atomic E-state index is 0.145. The molecule has 33 heavy (non-hydrogen) atoms. The van der Waals surface area contributed by atoms with Gasteiger partial charge in [0.2, 0.25) is 0 Å². The van der Waals surface area contributed by atoms with E-state index in [2.05, 4.69) is 5.32 Å². The highest BCUT2D eigenvalue weighted by Crippen LogP contribution is 2.27. The van der Waals surface area contributed by atoms with Gasteiger partial charge >= 0.3 is 0 Å². The van der Waals surface area contributed by atoms with Crippen LogP contribution in [0.2, 0.25) is 0 Å². The number of pyridine rings is 1. The lowest BCUT2D eigenvalue weighted by Crippen LogP contribution is -2.57. The molecule has 1 saturated heterocycles. The molecule has 176 valence electrons. The molecule has 0 aliphatic carbocycles. The van der Waals surface area contributed by atoms with Gasteiger partial charge in [-0.2, -0.15) is 0 Å². The van der Waals surface area contributed by atoms with Crippen LogP contribution in [-0.4, -0.2) is 46.5 Å². The molecule has 1 N–H and O–H groups in total. The van der Waals surface area contributed by atoms with Crippen molar-refractivity contribution in [3.05, 3.63) is 63.1 Å². The molecule has 7 nitrogen and oxygen atoms in total. The average molecular weight is 452 g/mol. The van der Waals surface area contributed by atoms with Crippen LogP contribution in [0.15, 0.2) is 35.1 Å². The third kappa shape index (κ3) is 4.68. The van der Waals surface area contributed by atoms with Gasteiger partial charge in [-0.15, -0.1) is 0 Å². The number of para-hydroxylation sites is 1. The molecular formula is C26H33N3O4. The van der Waals surface area contributed by atoms with Crippen molar-refractivity contribution >= 4 is 11.8 Å². The lowest BCUT2D eigenvalue weighted by Gasteiger charge is -2.42. The van der Waals surface area contributed by atoms with Gasteiger partial charge in [-0.3, -0.25) is 14.4 Å². The van der Waals surface area contributed by atoms with E-state index in [0.717, 1.165) is 44.2 Å². The van der Waals surface area contributed by atoms with Gasteiger partial charge in [0.1, 0.15) is 11.3 Å². The predicted octanol–water partition coefficient (Wildman–Crippen LogP) is 3.36. The van der Waals surface area contributed by atoms with Crippen LogP contribution < -0.4 is 15.6 Å². The fourth-order valence-electron chi connectivity index (χ4n) is 5.06. The molecule has 1 aromatic heterocycles. The quantitative estimate of drug-likeness (QED) is 0.721. The molecule has 2 aliphatic rings. The Kier molecular flexibility index (Phi) is 6.86. The molecule has 0 saturated carbocycles. The minimum Gasteiger partial charge on any atom is -0.493 e. The Labute approximate surface area is 194 Å². The standard InChI is InChI=1S/C26H33N3O4/c1-17-16-18(2)28(3)25(31)23(17)26(32)29-14-9-11-20-21(29)12-5-4-8-15-33-22-13-7-6-10-19(22)24(30)27-20/h6-7,10,13,16,20-21H,4-5,8-9,11-12,14-15H2,1-3H3,(H,27,30)/t20-,21-/m0/s1. The second-order valence-corrected chi connectivity index (χ2v) is 9.19. The number of carbonyl (C=O) groups is 2. The number of likely N-dealkylation sites (tertiary alicyclic amines) is 1. The zero-order chi connectivity index (χ0) is 23.5. The number of aryl methyl sites for hydroxylation is 2. The molecule has 0 spiro atoms. The molecule has 3 heterocycles. The Balaban J connectivity index is 1.66. The molecular weight excluding hydrogens is 418 g/mol. The number of rotatable bonds is 1. The van der Waals surface area contributed by atoms with E-state index in [0.29, 0.717) is 30.0 Å². The normalized spacial score (nSPS) is 21.5. The largest absolute Gasteiger partial charge is 0.493 e. The summed E-state index contributed by atoms with van der Waals surface area (Å²) in [5.41, 5.74) is 2.02. The SMILES string of the molecule is Cc1cc(C)n(C)c(=O)c1C(=O)N1CCC[C@@H]2NC(=O)c3ccccc3OCCCCC[C@@H]21. The van der Waals surface area contributed by atoms with Gasteiger partial charge in [0.05, 0.1) is 18.2 Å². The third-order valence-electron chi connectivity index (χ3n) is 6.97. The monoisotopic (exact) mass is 451 g/mol. The van der Waals surface area contributed by atoms with E-state index in [-0.39, 0.29) is 35.0 Å². The number of piperidine rings is 1. The summed E-state index contributed by atoms with van der Waals surface area (Å²) in [6.45, 7) is 4.83. The van der Waals surface area contributed by atoms with Crippen LogP contribution in [-0.2, 0) is 7.05 Å². The Morgan fingerprint density at radius 1 is 1.06 bits per heavy atom. The van der Waals surface area contributed by atoms with Crippen molar-refractivity contribution in [2.24, 2.45) is 7.05 Å². The Morgan fingerprint density at radius 2 is 1.85 bits per heavy atom. The number of hydrogen-bond acceptors (Lipinski definition) is 4. The maximum Gasteiger partial charge on any atom is 0.263 e. The average Bonchev–Trinajstić information content (AvgIpc) is 2.79.